The molecule has 0 unspecified atom stereocenters. The zero-order chi connectivity index (χ0) is 21.6. The van der Waals surface area contributed by atoms with E-state index in [0.717, 1.165) is 56.0 Å². The molecule has 1 saturated heterocycles. The highest BCUT2D eigenvalue weighted by Crippen LogP contribution is 2.27. The van der Waals surface area contributed by atoms with E-state index in [0.29, 0.717) is 17.8 Å². The molecule has 1 aliphatic rings. The fourth-order valence-electron chi connectivity index (χ4n) is 4.07. The second kappa shape index (κ2) is 9.79. The Bertz CT molecular complexity index is 1020. The minimum Gasteiger partial charge on any atom is -0.497 e. The maximum Gasteiger partial charge on any atom is 0.257 e. The summed E-state index contributed by atoms with van der Waals surface area (Å²) < 4.78 is 7.27. The molecule has 162 valence electrons. The third-order valence-corrected chi connectivity index (χ3v) is 5.85. The van der Waals surface area contributed by atoms with E-state index >= 15 is 0 Å². The van der Waals surface area contributed by atoms with Crippen LogP contribution in [-0.2, 0) is 6.54 Å². The average molecular weight is 419 g/mol. The van der Waals surface area contributed by atoms with Gasteiger partial charge in [0, 0.05) is 31.4 Å². The number of carbonyl (C=O) groups is 1. The van der Waals surface area contributed by atoms with Crippen LogP contribution >= 0.6 is 0 Å². The molecule has 1 fully saturated rings. The predicted molar refractivity (Wildman–Crippen MR) is 122 cm³/mol. The molecule has 2 aromatic carbocycles. The van der Waals surface area contributed by atoms with E-state index in [-0.39, 0.29) is 5.91 Å². The Labute approximate surface area is 184 Å². The molecule has 1 aromatic heterocycles. The van der Waals surface area contributed by atoms with Crippen molar-refractivity contribution in [2.75, 3.05) is 39.8 Å². The Morgan fingerprint density at radius 3 is 2.65 bits per heavy atom. The minimum atomic E-state index is 0.0510. The smallest absolute Gasteiger partial charge is 0.257 e. The summed E-state index contributed by atoms with van der Waals surface area (Å²) in [6.45, 7) is 7.28. The number of rotatable bonds is 6. The molecular weight excluding hydrogens is 388 g/mol. The summed E-state index contributed by atoms with van der Waals surface area (Å²) in [6.07, 6.45) is 2.89. The van der Waals surface area contributed by atoms with Crippen LogP contribution in [-0.4, -0.2) is 65.3 Å². The van der Waals surface area contributed by atoms with Gasteiger partial charge in [0.25, 0.3) is 5.91 Å². The van der Waals surface area contributed by atoms with Gasteiger partial charge in [-0.1, -0.05) is 49.4 Å². The van der Waals surface area contributed by atoms with Crippen LogP contribution in [0.3, 0.4) is 0 Å². The third kappa shape index (κ3) is 4.97. The highest BCUT2D eigenvalue weighted by molar-refractivity contribution is 6.00. The van der Waals surface area contributed by atoms with Crippen molar-refractivity contribution in [1.29, 1.82) is 0 Å². The van der Waals surface area contributed by atoms with Crippen molar-refractivity contribution in [2.24, 2.45) is 0 Å². The van der Waals surface area contributed by atoms with Gasteiger partial charge in [-0.25, -0.2) is 0 Å². The van der Waals surface area contributed by atoms with Gasteiger partial charge in [-0.3, -0.25) is 9.48 Å². The largest absolute Gasteiger partial charge is 0.497 e. The van der Waals surface area contributed by atoms with Crippen molar-refractivity contribution < 1.29 is 9.53 Å². The topological polar surface area (TPSA) is 50.6 Å². The zero-order valence-electron chi connectivity index (χ0n) is 18.3. The number of ether oxygens (including phenoxy) is 1. The van der Waals surface area contributed by atoms with Gasteiger partial charge in [-0.15, -0.1) is 0 Å². The lowest BCUT2D eigenvalue weighted by molar-refractivity contribution is 0.0762. The summed E-state index contributed by atoms with van der Waals surface area (Å²) in [6, 6.07) is 17.9. The number of hydrogen-bond donors (Lipinski definition) is 0. The zero-order valence-corrected chi connectivity index (χ0v) is 18.3. The summed E-state index contributed by atoms with van der Waals surface area (Å²) >= 11 is 0. The van der Waals surface area contributed by atoms with Crippen molar-refractivity contribution >= 4 is 5.91 Å². The van der Waals surface area contributed by atoms with Crippen LogP contribution in [0.4, 0.5) is 0 Å². The fraction of sp³-hybridized carbons (Fsp3) is 0.360. The maximum absolute atomic E-state index is 13.6. The van der Waals surface area contributed by atoms with Gasteiger partial charge in [-0.2, -0.15) is 5.10 Å². The number of methoxy groups -OCH3 is 1. The minimum absolute atomic E-state index is 0.0510. The summed E-state index contributed by atoms with van der Waals surface area (Å²) in [7, 11) is 1.65. The van der Waals surface area contributed by atoms with Crippen LogP contribution in [0.1, 0.15) is 29.3 Å². The maximum atomic E-state index is 13.6. The molecule has 0 atom stereocenters. The van der Waals surface area contributed by atoms with Gasteiger partial charge in [-0.05, 0) is 37.2 Å². The van der Waals surface area contributed by atoms with E-state index in [2.05, 4.69) is 24.0 Å². The molecule has 0 spiro atoms. The van der Waals surface area contributed by atoms with Crippen LogP contribution in [0.15, 0.2) is 60.8 Å². The van der Waals surface area contributed by atoms with Crippen molar-refractivity contribution in [3.63, 3.8) is 0 Å². The van der Waals surface area contributed by atoms with Gasteiger partial charge >= 0.3 is 0 Å². The molecule has 3 aromatic rings. The predicted octanol–water partition coefficient (Wildman–Crippen LogP) is 3.77. The summed E-state index contributed by atoms with van der Waals surface area (Å²) in [4.78, 5) is 18.0. The third-order valence-electron chi connectivity index (χ3n) is 5.85. The molecule has 6 nitrogen and oxygen atoms in total. The number of hydrogen-bond acceptors (Lipinski definition) is 4. The normalized spacial score (nSPS) is 15.0. The molecular formula is C25H30N4O2. The van der Waals surface area contributed by atoms with E-state index in [1.165, 1.54) is 0 Å². The molecule has 0 saturated carbocycles. The van der Waals surface area contributed by atoms with Gasteiger partial charge in [0.2, 0.25) is 0 Å². The number of nitrogens with zero attached hydrogens (tertiary/aromatic N) is 4. The number of aromatic nitrogens is 2. The van der Waals surface area contributed by atoms with Gasteiger partial charge in [0.15, 0.2) is 0 Å². The lowest BCUT2D eigenvalue weighted by atomic mass is 10.1. The van der Waals surface area contributed by atoms with Gasteiger partial charge < -0.3 is 14.5 Å². The second-order valence-electron chi connectivity index (χ2n) is 7.89. The first kappa shape index (κ1) is 21.1. The van der Waals surface area contributed by atoms with Crippen molar-refractivity contribution in [2.45, 2.75) is 19.9 Å². The highest BCUT2D eigenvalue weighted by atomic mass is 16.5. The monoisotopic (exact) mass is 418 g/mol. The highest BCUT2D eigenvalue weighted by Gasteiger charge is 2.25. The summed E-state index contributed by atoms with van der Waals surface area (Å²) in [5, 5.41) is 4.82. The summed E-state index contributed by atoms with van der Waals surface area (Å²) in [5.41, 5.74) is 3.39. The van der Waals surface area contributed by atoms with Crippen molar-refractivity contribution in [3.05, 3.63) is 71.9 Å². The van der Waals surface area contributed by atoms with E-state index < -0.39 is 0 Å². The Morgan fingerprint density at radius 1 is 1.03 bits per heavy atom. The standard InChI is InChI=1S/C25H30N4O2/c1-3-27-13-8-14-28(16-15-27)25(30)23-19-29(18-20-9-5-4-6-10-20)26-24(23)21-11-7-12-22(17-21)31-2/h4-7,9-12,17,19H,3,8,13-16,18H2,1-2H3. The molecule has 6 heteroatoms. The SMILES string of the molecule is CCN1CCCN(C(=O)c2cn(Cc3ccccc3)nc2-c2cccc(OC)c2)CC1. The fourth-order valence-corrected chi connectivity index (χ4v) is 4.07. The number of carbonyl (C=O) groups excluding carboxylic acids is 1. The van der Waals surface area contributed by atoms with Gasteiger partial charge in [0.1, 0.15) is 11.4 Å². The van der Waals surface area contributed by atoms with Crippen LogP contribution in [0.5, 0.6) is 5.75 Å². The lowest BCUT2D eigenvalue weighted by Crippen LogP contribution is -2.35. The number of benzene rings is 2. The Morgan fingerprint density at radius 2 is 1.87 bits per heavy atom. The molecule has 0 aliphatic carbocycles. The Balaban J connectivity index is 1.68. The van der Waals surface area contributed by atoms with Crippen LogP contribution in [0, 0.1) is 0 Å². The van der Waals surface area contributed by atoms with Crippen molar-refractivity contribution in [3.8, 4) is 17.0 Å². The molecule has 4 rings (SSSR count). The number of amides is 1. The molecule has 1 amide bonds. The van der Waals surface area contributed by atoms with Crippen molar-refractivity contribution in [1.82, 2.24) is 19.6 Å². The average Bonchev–Trinajstić information content (AvgIpc) is 3.08. The number of likely N-dealkylation sites (N-methyl/N-ethyl adjacent to an activating group) is 1. The quantitative estimate of drug-likeness (QED) is 0.611. The molecule has 2 heterocycles. The molecule has 0 radical (unpaired) electrons. The first-order valence-corrected chi connectivity index (χ1v) is 11.0. The van der Waals surface area contributed by atoms with Crippen LogP contribution < -0.4 is 4.74 Å². The van der Waals surface area contributed by atoms with E-state index in [9.17, 15) is 4.79 Å². The van der Waals surface area contributed by atoms with Gasteiger partial charge in [0.05, 0.1) is 19.2 Å². The molecule has 31 heavy (non-hydrogen) atoms. The second-order valence-corrected chi connectivity index (χ2v) is 7.89. The lowest BCUT2D eigenvalue weighted by Gasteiger charge is -2.21. The molecule has 0 N–H and O–H groups in total. The Kier molecular flexibility index (Phi) is 6.67. The van der Waals surface area contributed by atoms with E-state index in [1.807, 2.05) is 58.2 Å². The molecule has 0 bridgehead atoms. The summed E-state index contributed by atoms with van der Waals surface area (Å²) in [5.74, 6) is 0.803. The van der Waals surface area contributed by atoms with Crippen LogP contribution in [0.2, 0.25) is 0 Å². The molecule has 1 aliphatic heterocycles. The van der Waals surface area contributed by atoms with E-state index in [4.69, 9.17) is 9.84 Å². The first-order chi connectivity index (χ1) is 15.2. The van der Waals surface area contributed by atoms with Crippen LogP contribution in [0.25, 0.3) is 11.3 Å². The first-order valence-electron chi connectivity index (χ1n) is 11.0. The van der Waals surface area contributed by atoms with E-state index in [1.54, 1.807) is 7.11 Å². The Hall–Kier alpha value is -3.12.